The second-order valence-corrected chi connectivity index (χ2v) is 5.84. The van der Waals surface area contributed by atoms with E-state index in [0.717, 1.165) is 4.90 Å². The van der Waals surface area contributed by atoms with E-state index < -0.39 is 5.97 Å². The van der Waals surface area contributed by atoms with Crippen LogP contribution in [0.5, 0.6) is 5.75 Å². The highest BCUT2D eigenvalue weighted by Crippen LogP contribution is 2.42. The Hall–Kier alpha value is -1.92. The number of carbonyl (C=O) groups excluding carboxylic acids is 1. The quantitative estimate of drug-likeness (QED) is 0.648. The third-order valence-corrected chi connectivity index (χ3v) is 4.83. The van der Waals surface area contributed by atoms with Gasteiger partial charge >= 0.3 is 5.97 Å². The largest absolute Gasteiger partial charge is 0.478 e. The number of benzene rings is 2. The molecule has 0 atom stereocenters. The minimum Gasteiger partial charge on any atom is -0.478 e. The van der Waals surface area contributed by atoms with Gasteiger partial charge in [-0.2, -0.15) is 0 Å². The number of carboxylic acid groups (broad SMARTS) is 1. The van der Waals surface area contributed by atoms with E-state index in [2.05, 4.69) is 0 Å². The van der Waals surface area contributed by atoms with Crippen LogP contribution in [0.15, 0.2) is 58.3 Å². The van der Waals surface area contributed by atoms with Crippen molar-refractivity contribution in [3.05, 3.63) is 54.1 Å². The van der Waals surface area contributed by atoms with E-state index in [1.165, 1.54) is 21.6 Å². The predicted molar refractivity (Wildman–Crippen MR) is 78.2 cm³/mol. The average molecular weight is 306 g/mol. The molecule has 0 amide bonds. The Balaban J connectivity index is 2.17. The number of rotatable bonds is 6. The first-order valence-corrected chi connectivity index (χ1v) is 7.73. The molecule has 2 rings (SSSR count). The van der Waals surface area contributed by atoms with Gasteiger partial charge < -0.3 is 9.84 Å². The second-order valence-electron chi connectivity index (χ2n) is 3.63. The Bertz CT molecular complexity index is 628. The third kappa shape index (κ3) is 3.55. The van der Waals surface area contributed by atoms with Gasteiger partial charge in [0, 0.05) is 4.90 Å². The van der Waals surface area contributed by atoms with Crippen molar-refractivity contribution in [2.24, 2.45) is 0 Å². The Labute approximate surface area is 123 Å². The molecule has 0 aromatic heterocycles. The molecule has 0 saturated heterocycles. The van der Waals surface area contributed by atoms with Crippen molar-refractivity contribution in [2.75, 3.05) is 0 Å². The molecule has 4 nitrogen and oxygen atoms in total. The van der Waals surface area contributed by atoms with Crippen LogP contribution in [0.3, 0.4) is 0 Å². The molecular weight excluding hydrogens is 296 g/mol. The van der Waals surface area contributed by atoms with Gasteiger partial charge in [-0.05, 0) is 35.1 Å². The molecule has 0 aliphatic heterocycles. The lowest BCUT2D eigenvalue weighted by Gasteiger charge is -2.07. The van der Waals surface area contributed by atoms with Crippen LogP contribution in [0.1, 0.15) is 10.4 Å². The first-order chi connectivity index (χ1) is 9.72. The molecule has 0 bridgehead atoms. The molecule has 102 valence electrons. The first kappa shape index (κ1) is 14.5. The molecule has 6 heteroatoms. The van der Waals surface area contributed by atoms with Gasteiger partial charge in [0.25, 0.3) is 6.47 Å². The van der Waals surface area contributed by atoms with Crippen molar-refractivity contribution in [1.82, 2.24) is 0 Å². The molecule has 2 aromatic rings. The number of carbonyl (C=O) groups is 2. The number of aromatic carboxylic acids is 1. The monoisotopic (exact) mass is 306 g/mol. The number of para-hydroxylation sites is 1. The van der Waals surface area contributed by atoms with E-state index in [4.69, 9.17) is 9.84 Å². The topological polar surface area (TPSA) is 63.6 Å². The van der Waals surface area contributed by atoms with Crippen LogP contribution >= 0.6 is 21.6 Å². The van der Waals surface area contributed by atoms with Crippen molar-refractivity contribution in [1.29, 1.82) is 0 Å². The van der Waals surface area contributed by atoms with Gasteiger partial charge in [-0.15, -0.1) is 0 Å². The maximum Gasteiger partial charge on any atom is 0.336 e. The average Bonchev–Trinajstić information content (AvgIpc) is 2.47. The summed E-state index contributed by atoms with van der Waals surface area (Å²) in [4.78, 5) is 22.9. The summed E-state index contributed by atoms with van der Waals surface area (Å²) in [6, 6.07) is 13.8. The van der Waals surface area contributed by atoms with E-state index in [9.17, 15) is 9.59 Å². The van der Waals surface area contributed by atoms with Gasteiger partial charge in [0.1, 0.15) is 5.75 Å². The number of hydrogen-bond donors (Lipinski definition) is 1. The maximum absolute atomic E-state index is 11.1. The fourth-order valence-corrected chi connectivity index (χ4v) is 3.75. The van der Waals surface area contributed by atoms with Crippen LogP contribution in [0.2, 0.25) is 0 Å². The van der Waals surface area contributed by atoms with E-state index in [1.54, 1.807) is 42.5 Å². The summed E-state index contributed by atoms with van der Waals surface area (Å²) in [5.74, 6) is -0.515. The molecule has 0 radical (unpaired) electrons. The fraction of sp³-hybridized carbons (Fsp3) is 0. The zero-order valence-corrected chi connectivity index (χ0v) is 11.8. The van der Waals surface area contributed by atoms with Gasteiger partial charge in [0.15, 0.2) is 0 Å². The van der Waals surface area contributed by atoms with Crippen molar-refractivity contribution >= 4 is 34.0 Å². The summed E-state index contributed by atoms with van der Waals surface area (Å²) in [6.45, 7) is 0.370. The smallest absolute Gasteiger partial charge is 0.336 e. The highest BCUT2D eigenvalue weighted by atomic mass is 33.1. The molecule has 2 aromatic carbocycles. The van der Waals surface area contributed by atoms with Gasteiger partial charge in [-0.3, -0.25) is 4.79 Å². The Morgan fingerprint density at radius 1 is 1.00 bits per heavy atom. The van der Waals surface area contributed by atoms with E-state index in [0.29, 0.717) is 17.1 Å². The maximum atomic E-state index is 11.1. The lowest BCUT2D eigenvalue weighted by atomic mass is 10.2. The lowest BCUT2D eigenvalue weighted by molar-refractivity contribution is -0.120. The Morgan fingerprint density at radius 2 is 1.60 bits per heavy atom. The number of carboxylic acids is 1. The number of ether oxygens (including phenoxy) is 1. The molecular formula is C14H10O4S2. The molecule has 0 unspecified atom stereocenters. The molecule has 0 saturated carbocycles. The highest BCUT2D eigenvalue weighted by molar-refractivity contribution is 8.76. The first-order valence-electron chi connectivity index (χ1n) is 5.58. The third-order valence-electron chi connectivity index (χ3n) is 2.36. The molecule has 0 aliphatic rings. The lowest BCUT2D eigenvalue weighted by Crippen LogP contribution is -1.97. The summed E-state index contributed by atoms with van der Waals surface area (Å²) >= 11 is 0. The van der Waals surface area contributed by atoms with Crippen LogP contribution in [0.25, 0.3) is 0 Å². The van der Waals surface area contributed by atoms with E-state index in [-0.39, 0.29) is 5.56 Å². The minimum absolute atomic E-state index is 0.249. The Kier molecular flexibility index (Phi) is 5.09. The van der Waals surface area contributed by atoms with Crippen molar-refractivity contribution < 1.29 is 19.4 Å². The normalized spacial score (nSPS) is 10.0. The predicted octanol–water partition coefficient (Wildman–Crippen LogP) is 3.72. The SMILES string of the molecule is O=COc1ccccc1SSc1ccccc1C(=O)O. The molecule has 0 heterocycles. The zero-order chi connectivity index (χ0) is 14.4. The van der Waals surface area contributed by atoms with E-state index >= 15 is 0 Å². The fourth-order valence-electron chi connectivity index (χ4n) is 1.47. The second kappa shape index (κ2) is 7.02. The van der Waals surface area contributed by atoms with Gasteiger partial charge in [0.2, 0.25) is 0 Å². The van der Waals surface area contributed by atoms with Crippen molar-refractivity contribution in [3.63, 3.8) is 0 Å². The molecule has 20 heavy (non-hydrogen) atoms. The van der Waals surface area contributed by atoms with Crippen molar-refractivity contribution in [3.8, 4) is 5.75 Å². The van der Waals surface area contributed by atoms with Crippen LogP contribution in [0.4, 0.5) is 0 Å². The molecule has 0 spiro atoms. The Morgan fingerprint density at radius 3 is 2.30 bits per heavy atom. The summed E-state index contributed by atoms with van der Waals surface area (Å²) in [7, 11) is 2.65. The van der Waals surface area contributed by atoms with Crippen LogP contribution < -0.4 is 4.74 Å². The summed E-state index contributed by atoms with van der Waals surface area (Å²) in [5.41, 5.74) is 0.249. The zero-order valence-electron chi connectivity index (χ0n) is 10.2. The number of hydrogen-bond acceptors (Lipinski definition) is 5. The van der Waals surface area contributed by atoms with Gasteiger partial charge in [-0.25, -0.2) is 4.79 Å². The standard InChI is InChI=1S/C14H10O4S2/c15-9-18-11-6-2-4-8-13(11)20-19-12-7-3-1-5-10(12)14(16)17/h1-9H,(H,16,17). The van der Waals surface area contributed by atoms with Crippen LogP contribution in [0, 0.1) is 0 Å². The molecule has 0 fully saturated rings. The highest BCUT2D eigenvalue weighted by Gasteiger charge is 2.11. The summed E-state index contributed by atoms with van der Waals surface area (Å²) < 4.78 is 4.87. The van der Waals surface area contributed by atoms with Crippen LogP contribution in [-0.2, 0) is 4.79 Å². The van der Waals surface area contributed by atoms with E-state index in [1.807, 2.05) is 6.07 Å². The molecule has 0 aliphatic carbocycles. The van der Waals surface area contributed by atoms with Gasteiger partial charge in [0.05, 0.1) is 10.5 Å². The van der Waals surface area contributed by atoms with Crippen LogP contribution in [-0.4, -0.2) is 17.5 Å². The van der Waals surface area contributed by atoms with Gasteiger partial charge in [-0.1, -0.05) is 35.1 Å². The van der Waals surface area contributed by atoms with Crippen molar-refractivity contribution in [2.45, 2.75) is 9.79 Å². The summed E-state index contributed by atoms with van der Waals surface area (Å²) in [5, 5.41) is 9.11. The molecule has 1 N–H and O–H groups in total. The summed E-state index contributed by atoms with van der Waals surface area (Å²) in [6.07, 6.45) is 0. The minimum atomic E-state index is -0.967.